The summed E-state index contributed by atoms with van der Waals surface area (Å²) in [6, 6.07) is 17.4. The van der Waals surface area contributed by atoms with Crippen LogP contribution in [0.15, 0.2) is 65.8 Å². The van der Waals surface area contributed by atoms with Crippen LogP contribution in [0.3, 0.4) is 0 Å². The van der Waals surface area contributed by atoms with Crippen molar-refractivity contribution < 1.29 is 18.9 Å². The van der Waals surface area contributed by atoms with Gasteiger partial charge in [-0.15, -0.1) is 24.0 Å². The molecular formula is C25H29IN4O4. The van der Waals surface area contributed by atoms with Crippen LogP contribution in [0.25, 0.3) is 0 Å². The number of nitrogens with one attached hydrogen (secondary N) is 2. The molecule has 1 aliphatic rings. The highest BCUT2D eigenvalue weighted by molar-refractivity contribution is 14.0. The lowest BCUT2D eigenvalue weighted by Gasteiger charge is -2.13. The third kappa shape index (κ3) is 6.89. The molecule has 0 amide bonds. The van der Waals surface area contributed by atoms with E-state index in [1.165, 1.54) is 5.56 Å². The molecule has 0 saturated heterocycles. The summed E-state index contributed by atoms with van der Waals surface area (Å²) < 4.78 is 22.3. The molecule has 8 nitrogen and oxygen atoms in total. The van der Waals surface area contributed by atoms with Crippen molar-refractivity contribution in [2.75, 3.05) is 27.0 Å². The Morgan fingerprint density at radius 3 is 2.56 bits per heavy atom. The fourth-order valence-corrected chi connectivity index (χ4v) is 3.33. The standard InChI is InChI=1S/C25H28N4O4.HI/c1-3-30-20-6-4-5-7-22(20)33-24-11-9-19(15-28-24)16-29-25(26-2)27-13-12-18-8-10-21-23(14-18)32-17-31-21;/h4-11,14-15H,3,12-13,16-17H2,1-2H3,(H2,26,27,29);1H. The van der Waals surface area contributed by atoms with Gasteiger partial charge in [-0.25, -0.2) is 4.98 Å². The Labute approximate surface area is 216 Å². The maximum atomic E-state index is 5.88. The number of ether oxygens (including phenoxy) is 4. The molecule has 4 rings (SSSR count). The monoisotopic (exact) mass is 576 g/mol. The van der Waals surface area contributed by atoms with Gasteiger partial charge in [0.25, 0.3) is 0 Å². The first-order chi connectivity index (χ1) is 16.2. The zero-order valence-electron chi connectivity index (χ0n) is 19.2. The highest BCUT2D eigenvalue weighted by atomic mass is 127. The first kappa shape index (κ1) is 25.4. The SMILES string of the molecule is CCOc1ccccc1Oc1ccc(CNC(=NC)NCCc2ccc3c(c2)OCO3)cn1.I. The van der Waals surface area contributed by atoms with Gasteiger partial charge in [0.2, 0.25) is 12.7 Å². The second kappa shape index (κ2) is 12.9. The van der Waals surface area contributed by atoms with Gasteiger partial charge >= 0.3 is 0 Å². The molecule has 0 spiro atoms. The number of benzene rings is 2. The minimum Gasteiger partial charge on any atom is -0.490 e. The van der Waals surface area contributed by atoms with Crippen LogP contribution in [0, 0.1) is 0 Å². The predicted octanol–water partition coefficient (Wildman–Crippen LogP) is 4.53. The molecule has 1 aromatic heterocycles. The molecule has 34 heavy (non-hydrogen) atoms. The van der Waals surface area contributed by atoms with Crippen LogP contribution in [0.4, 0.5) is 0 Å². The van der Waals surface area contributed by atoms with Crippen molar-refractivity contribution in [3.63, 3.8) is 0 Å². The zero-order chi connectivity index (χ0) is 22.9. The third-order valence-electron chi connectivity index (χ3n) is 4.99. The van der Waals surface area contributed by atoms with E-state index in [4.69, 9.17) is 18.9 Å². The first-order valence-electron chi connectivity index (χ1n) is 10.9. The van der Waals surface area contributed by atoms with Gasteiger partial charge < -0.3 is 29.6 Å². The number of hydrogen-bond acceptors (Lipinski definition) is 6. The van der Waals surface area contributed by atoms with E-state index in [-0.39, 0.29) is 30.8 Å². The Kier molecular flexibility index (Phi) is 9.62. The van der Waals surface area contributed by atoms with Gasteiger partial charge in [-0.3, -0.25) is 4.99 Å². The van der Waals surface area contributed by atoms with E-state index in [1.807, 2.05) is 61.5 Å². The van der Waals surface area contributed by atoms with Gasteiger partial charge in [0.1, 0.15) is 0 Å². The Balaban J connectivity index is 0.00000324. The number of para-hydroxylation sites is 2. The molecule has 0 saturated carbocycles. The predicted molar refractivity (Wildman–Crippen MR) is 142 cm³/mol. The average molecular weight is 576 g/mol. The minimum absolute atomic E-state index is 0. The van der Waals surface area contributed by atoms with Crippen LogP contribution in [0.1, 0.15) is 18.1 Å². The molecule has 0 bridgehead atoms. The van der Waals surface area contributed by atoms with Gasteiger partial charge in [0.15, 0.2) is 29.0 Å². The van der Waals surface area contributed by atoms with Crippen LogP contribution in [0.5, 0.6) is 28.9 Å². The van der Waals surface area contributed by atoms with Crippen LogP contribution in [-0.4, -0.2) is 37.9 Å². The molecule has 3 aromatic rings. The smallest absolute Gasteiger partial charge is 0.231 e. The van der Waals surface area contributed by atoms with E-state index in [0.717, 1.165) is 36.0 Å². The summed E-state index contributed by atoms with van der Waals surface area (Å²) >= 11 is 0. The van der Waals surface area contributed by atoms with Gasteiger partial charge in [-0.1, -0.05) is 24.3 Å². The first-order valence-corrected chi connectivity index (χ1v) is 10.9. The van der Waals surface area contributed by atoms with Crippen LogP contribution < -0.4 is 29.6 Å². The number of rotatable bonds is 9. The number of pyridine rings is 1. The van der Waals surface area contributed by atoms with Crippen molar-refractivity contribution in [1.29, 1.82) is 0 Å². The van der Waals surface area contributed by atoms with Crippen molar-refractivity contribution in [3.8, 4) is 28.9 Å². The number of halogens is 1. The van der Waals surface area contributed by atoms with Gasteiger partial charge in [0.05, 0.1) is 6.61 Å². The van der Waals surface area contributed by atoms with Crippen molar-refractivity contribution in [3.05, 3.63) is 71.9 Å². The Morgan fingerprint density at radius 1 is 1.00 bits per heavy atom. The number of hydrogen-bond donors (Lipinski definition) is 2. The quantitative estimate of drug-likeness (QED) is 0.220. The van der Waals surface area contributed by atoms with E-state index < -0.39 is 0 Å². The summed E-state index contributed by atoms with van der Waals surface area (Å²) in [4.78, 5) is 8.69. The number of nitrogens with zero attached hydrogens (tertiary/aromatic N) is 2. The lowest BCUT2D eigenvalue weighted by atomic mass is 10.1. The van der Waals surface area contributed by atoms with Gasteiger partial charge in [0, 0.05) is 32.4 Å². The summed E-state index contributed by atoms with van der Waals surface area (Å²) in [5, 5.41) is 6.63. The molecule has 0 aliphatic carbocycles. The summed E-state index contributed by atoms with van der Waals surface area (Å²) in [5.74, 6) is 4.18. The van der Waals surface area contributed by atoms with Gasteiger partial charge in [-0.2, -0.15) is 0 Å². The molecule has 2 aromatic carbocycles. The molecule has 180 valence electrons. The highest BCUT2D eigenvalue weighted by Crippen LogP contribution is 2.32. The maximum Gasteiger partial charge on any atom is 0.231 e. The molecule has 0 fully saturated rings. The number of fused-ring (bicyclic) bond motifs is 1. The van der Waals surface area contributed by atoms with E-state index >= 15 is 0 Å². The summed E-state index contributed by atoms with van der Waals surface area (Å²) in [6.45, 7) is 4.13. The second-order valence-corrected chi connectivity index (χ2v) is 7.28. The van der Waals surface area contributed by atoms with Crippen molar-refractivity contribution >= 4 is 29.9 Å². The lowest BCUT2D eigenvalue weighted by molar-refractivity contribution is 0.174. The van der Waals surface area contributed by atoms with Crippen molar-refractivity contribution in [2.45, 2.75) is 19.9 Å². The summed E-state index contributed by atoms with van der Waals surface area (Å²) in [6.07, 6.45) is 2.62. The van der Waals surface area contributed by atoms with E-state index in [0.29, 0.717) is 30.5 Å². The number of guanidine groups is 1. The average Bonchev–Trinajstić information content (AvgIpc) is 3.31. The number of aromatic nitrogens is 1. The molecule has 2 heterocycles. The molecule has 0 radical (unpaired) electrons. The fourth-order valence-electron chi connectivity index (χ4n) is 3.33. The normalized spacial score (nSPS) is 12.0. The Bertz CT molecular complexity index is 1090. The maximum absolute atomic E-state index is 5.88. The van der Waals surface area contributed by atoms with E-state index in [2.05, 4.69) is 20.6 Å². The van der Waals surface area contributed by atoms with E-state index in [9.17, 15) is 0 Å². The van der Waals surface area contributed by atoms with E-state index in [1.54, 1.807) is 13.2 Å². The van der Waals surface area contributed by atoms with Crippen LogP contribution >= 0.6 is 24.0 Å². The molecule has 1 aliphatic heterocycles. The Hall–Kier alpha value is -3.21. The topological polar surface area (TPSA) is 86.2 Å². The second-order valence-electron chi connectivity index (χ2n) is 7.28. The van der Waals surface area contributed by atoms with Crippen molar-refractivity contribution in [2.24, 2.45) is 4.99 Å². The minimum atomic E-state index is 0. The largest absolute Gasteiger partial charge is 0.490 e. The summed E-state index contributed by atoms with van der Waals surface area (Å²) in [7, 11) is 1.75. The summed E-state index contributed by atoms with van der Waals surface area (Å²) in [5.41, 5.74) is 2.19. The molecule has 0 unspecified atom stereocenters. The Morgan fingerprint density at radius 2 is 1.79 bits per heavy atom. The third-order valence-corrected chi connectivity index (χ3v) is 4.99. The lowest BCUT2D eigenvalue weighted by Crippen LogP contribution is -2.37. The van der Waals surface area contributed by atoms with Crippen molar-refractivity contribution in [1.82, 2.24) is 15.6 Å². The zero-order valence-corrected chi connectivity index (χ0v) is 21.6. The van der Waals surface area contributed by atoms with Crippen LogP contribution in [0.2, 0.25) is 0 Å². The molecule has 2 N–H and O–H groups in total. The molecule has 9 heteroatoms. The highest BCUT2D eigenvalue weighted by Gasteiger charge is 2.13. The fraction of sp³-hybridized carbons (Fsp3) is 0.280. The van der Waals surface area contributed by atoms with Crippen LogP contribution in [-0.2, 0) is 13.0 Å². The van der Waals surface area contributed by atoms with Gasteiger partial charge in [-0.05, 0) is 48.7 Å². The molecular weight excluding hydrogens is 547 g/mol. The number of aliphatic imine (C=N–C) groups is 1. The molecule has 0 atom stereocenters.